The van der Waals surface area contributed by atoms with Gasteiger partial charge in [-0.25, -0.2) is 0 Å². The first-order valence-corrected chi connectivity index (χ1v) is 7.72. The molecular formula is C15H28N2O. The maximum Gasteiger partial charge on any atom is 0.222 e. The van der Waals surface area contributed by atoms with E-state index in [0.717, 1.165) is 38.3 Å². The summed E-state index contributed by atoms with van der Waals surface area (Å²) < 4.78 is 0. The SMILES string of the molecule is CC(CCN)CCC(=O)N1CCCC2CCCC21. The third kappa shape index (κ3) is 3.25. The van der Waals surface area contributed by atoms with E-state index in [1.165, 1.54) is 32.1 Å². The highest BCUT2D eigenvalue weighted by Gasteiger charge is 2.36. The van der Waals surface area contributed by atoms with Crippen molar-refractivity contribution < 1.29 is 4.79 Å². The molecule has 3 nitrogen and oxygen atoms in total. The minimum absolute atomic E-state index is 0.399. The quantitative estimate of drug-likeness (QED) is 0.817. The number of hydrogen-bond donors (Lipinski definition) is 1. The van der Waals surface area contributed by atoms with Crippen molar-refractivity contribution in [3.63, 3.8) is 0 Å². The molecule has 1 aliphatic carbocycles. The first kappa shape index (κ1) is 13.9. The fraction of sp³-hybridized carbons (Fsp3) is 0.933. The number of carbonyl (C=O) groups excluding carboxylic acids is 1. The summed E-state index contributed by atoms with van der Waals surface area (Å²) in [7, 11) is 0. The van der Waals surface area contributed by atoms with Crippen LogP contribution in [0.2, 0.25) is 0 Å². The van der Waals surface area contributed by atoms with E-state index in [0.29, 0.717) is 17.9 Å². The van der Waals surface area contributed by atoms with E-state index in [2.05, 4.69) is 11.8 Å². The Kier molecular flexibility index (Phi) is 5.04. The van der Waals surface area contributed by atoms with Gasteiger partial charge >= 0.3 is 0 Å². The van der Waals surface area contributed by atoms with Crippen LogP contribution >= 0.6 is 0 Å². The molecule has 1 aliphatic heterocycles. The summed E-state index contributed by atoms with van der Waals surface area (Å²) in [5.41, 5.74) is 5.55. The molecule has 2 N–H and O–H groups in total. The Morgan fingerprint density at radius 3 is 2.83 bits per heavy atom. The molecule has 1 saturated carbocycles. The van der Waals surface area contributed by atoms with Crippen molar-refractivity contribution in [3.05, 3.63) is 0 Å². The fourth-order valence-corrected chi connectivity index (χ4v) is 3.71. The van der Waals surface area contributed by atoms with Gasteiger partial charge in [0.2, 0.25) is 5.91 Å². The van der Waals surface area contributed by atoms with Gasteiger partial charge < -0.3 is 10.6 Å². The summed E-state index contributed by atoms with van der Waals surface area (Å²) in [5.74, 6) is 1.79. The second-order valence-corrected chi connectivity index (χ2v) is 6.21. The highest BCUT2D eigenvalue weighted by atomic mass is 16.2. The van der Waals surface area contributed by atoms with Crippen molar-refractivity contribution in [1.82, 2.24) is 4.90 Å². The molecule has 0 aromatic carbocycles. The zero-order valence-corrected chi connectivity index (χ0v) is 11.7. The molecule has 0 spiro atoms. The van der Waals surface area contributed by atoms with Crippen LogP contribution in [0.4, 0.5) is 0 Å². The van der Waals surface area contributed by atoms with Crippen LogP contribution in [0.3, 0.4) is 0 Å². The van der Waals surface area contributed by atoms with Crippen LogP contribution in [0.1, 0.15) is 58.3 Å². The Labute approximate surface area is 111 Å². The Morgan fingerprint density at radius 2 is 2.06 bits per heavy atom. The van der Waals surface area contributed by atoms with Crippen molar-refractivity contribution in [2.45, 2.75) is 64.3 Å². The molecule has 0 aromatic rings. The summed E-state index contributed by atoms with van der Waals surface area (Å²) in [4.78, 5) is 14.5. The van der Waals surface area contributed by atoms with Crippen LogP contribution in [0.5, 0.6) is 0 Å². The summed E-state index contributed by atoms with van der Waals surface area (Å²) >= 11 is 0. The lowest BCUT2D eigenvalue weighted by Crippen LogP contribution is -2.46. The highest BCUT2D eigenvalue weighted by molar-refractivity contribution is 5.76. The van der Waals surface area contributed by atoms with Gasteiger partial charge in [-0.1, -0.05) is 13.3 Å². The van der Waals surface area contributed by atoms with E-state index >= 15 is 0 Å². The van der Waals surface area contributed by atoms with E-state index in [-0.39, 0.29) is 0 Å². The molecule has 0 radical (unpaired) electrons. The summed E-state index contributed by atoms with van der Waals surface area (Å²) in [6.45, 7) is 3.95. The number of rotatable bonds is 5. The molecule has 104 valence electrons. The van der Waals surface area contributed by atoms with Crippen molar-refractivity contribution >= 4 is 5.91 Å². The van der Waals surface area contributed by atoms with E-state index in [1.54, 1.807) is 0 Å². The summed E-state index contributed by atoms with van der Waals surface area (Å²) in [6.07, 6.45) is 9.24. The van der Waals surface area contributed by atoms with Gasteiger partial charge in [0.1, 0.15) is 0 Å². The summed E-state index contributed by atoms with van der Waals surface area (Å²) in [6, 6.07) is 0.580. The van der Waals surface area contributed by atoms with Gasteiger partial charge in [0.15, 0.2) is 0 Å². The van der Waals surface area contributed by atoms with Crippen LogP contribution in [-0.2, 0) is 4.79 Å². The number of nitrogens with zero attached hydrogens (tertiary/aromatic N) is 1. The molecule has 0 bridgehead atoms. The lowest BCUT2D eigenvalue weighted by molar-refractivity contribution is -0.136. The van der Waals surface area contributed by atoms with Crippen molar-refractivity contribution in [3.8, 4) is 0 Å². The monoisotopic (exact) mass is 252 g/mol. The minimum Gasteiger partial charge on any atom is -0.339 e. The average Bonchev–Trinajstić information content (AvgIpc) is 2.84. The maximum atomic E-state index is 12.3. The fourth-order valence-electron chi connectivity index (χ4n) is 3.71. The molecule has 0 aromatic heterocycles. The van der Waals surface area contributed by atoms with Crippen molar-refractivity contribution in [1.29, 1.82) is 0 Å². The first-order valence-electron chi connectivity index (χ1n) is 7.72. The smallest absolute Gasteiger partial charge is 0.222 e. The molecule has 2 rings (SSSR count). The number of nitrogens with two attached hydrogens (primary N) is 1. The number of likely N-dealkylation sites (tertiary alicyclic amines) is 1. The lowest BCUT2D eigenvalue weighted by Gasteiger charge is -2.38. The van der Waals surface area contributed by atoms with Gasteiger partial charge in [-0.05, 0) is 56.9 Å². The molecule has 2 aliphatic rings. The predicted octanol–water partition coefficient (Wildman–Crippen LogP) is 2.54. The molecule has 1 amide bonds. The normalized spacial score (nSPS) is 29.1. The maximum absolute atomic E-state index is 12.3. The lowest BCUT2D eigenvalue weighted by atomic mass is 9.91. The molecule has 1 heterocycles. The van der Waals surface area contributed by atoms with Crippen LogP contribution in [0, 0.1) is 11.8 Å². The molecule has 2 fully saturated rings. The van der Waals surface area contributed by atoms with Crippen molar-refractivity contribution in [2.24, 2.45) is 17.6 Å². The summed E-state index contributed by atoms with van der Waals surface area (Å²) in [5, 5.41) is 0. The van der Waals surface area contributed by atoms with Gasteiger partial charge in [-0.3, -0.25) is 4.79 Å². The minimum atomic E-state index is 0.399. The molecule has 18 heavy (non-hydrogen) atoms. The second kappa shape index (κ2) is 6.55. The molecule has 3 atom stereocenters. The van der Waals surface area contributed by atoms with Crippen molar-refractivity contribution in [2.75, 3.05) is 13.1 Å². The second-order valence-electron chi connectivity index (χ2n) is 6.21. The van der Waals surface area contributed by atoms with Crippen LogP contribution < -0.4 is 5.73 Å². The van der Waals surface area contributed by atoms with E-state index < -0.39 is 0 Å². The Balaban J connectivity index is 1.80. The Bertz CT molecular complexity index is 280. The van der Waals surface area contributed by atoms with E-state index in [9.17, 15) is 4.79 Å². The number of amides is 1. The number of piperidine rings is 1. The molecule has 3 unspecified atom stereocenters. The molecule has 1 saturated heterocycles. The van der Waals surface area contributed by atoms with E-state index in [1.807, 2.05) is 0 Å². The molecular weight excluding hydrogens is 224 g/mol. The van der Waals surface area contributed by atoms with Gasteiger partial charge in [0.25, 0.3) is 0 Å². The van der Waals surface area contributed by atoms with Crippen LogP contribution in [-0.4, -0.2) is 29.9 Å². The number of hydrogen-bond acceptors (Lipinski definition) is 2. The largest absolute Gasteiger partial charge is 0.339 e. The standard InChI is InChI=1S/C15H28N2O/c1-12(9-10-16)7-8-15(18)17-11-3-5-13-4-2-6-14(13)17/h12-14H,2-11,16H2,1H3. The number of fused-ring (bicyclic) bond motifs is 1. The van der Waals surface area contributed by atoms with Crippen LogP contribution in [0.15, 0.2) is 0 Å². The third-order valence-electron chi connectivity index (χ3n) is 4.82. The zero-order valence-electron chi connectivity index (χ0n) is 11.7. The Morgan fingerprint density at radius 1 is 1.28 bits per heavy atom. The topological polar surface area (TPSA) is 46.3 Å². The third-order valence-corrected chi connectivity index (χ3v) is 4.82. The average molecular weight is 252 g/mol. The number of carbonyl (C=O) groups is 1. The van der Waals surface area contributed by atoms with Gasteiger partial charge in [0, 0.05) is 19.0 Å². The van der Waals surface area contributed by atoms with Gasteiger partial charge in [-0.15, -0.1) is 0 Å². The Hall–Kier alpha value is -0.570. The predicted molar refractivity (Wildman–Crippen MR) is 74.1 cm³/mol. The van der Waals surface area contributed by atoms with Crippen LogP contribution in [0.25, 0.3) is 0 Å². The highest BCUT2D eigenvalue weighted by Crippen LogP contribution is 2.37. The van der Waals surface area contributed by atoms with Gasteiger partial charge in [0.05, 0.1) is 0 Å². The zero-order chi connectivity index (χ0) is 13.0. The first-order chi connectivity index (χ1) is 8.72. The van der Waals surface area contributed by atoms with Gasteiger partial charge in [-0.2, -0.15) is 0 Å². The van der Waals surface area contributed by atoms with E-state index in [4.69, 9.17) is 5.73 Å². The molecule has 3 heteroatoms.